The summed E-state index contributed by atoms with van der Waals surface area (Å²) in [6.45, 7) is 0.436. The number of aromatic nitrogens is 6. The third kappa shape index (κ3) is 4.41. The lowest BCUT2D eigenvalue weighted by Crippen LogP contribution is -2.29. The highest BCUT2D eigenvalue weighted by Gasteiger charge is 2.37. The average Bonchev–Trinajstić information content (AvgIpc) is 3.27. The number of hydrogen-bond donors (Lipinski definition) is 0. The lowest BCUT2D eigenvalue weighted by Gasteiger charge is -2.28. The van der Waals surface area contributed by atoms with Gasteiger partial charge in [-0.2, -0.15) is 18.3 Å². The molecule has 4 aromatic rings. The van der Waals surface area contributed by atoms with Gasteiger partial charge in [0.1, 0.15) is 17.0 Å². The number of fused-ring (bicyclic) bond motifs is 1. The Balaban J connectivity index is 1.68. The summed E-state index contributed by atoms with van der Waals surface area (Å²) in [5.41, 5.74) is 0.268. The van der Waals surface area contributed by atoms with Crippen molar-refractivity contribution in [3.8, 4) is 11.3 Å². The van der Waals surface area contributed by atoms with Crippen LogP contribution in [0, 0.1) is 0 Å². The molecular formula is C23H20ClF3N6O2. The molecule has 0 N–H and O–H groups in total. The number of alkyl halides is 3. The van der Waals surface area contributed by atoms with Crippen LogP contribution < -0.4 is 5.56 Å². The Morgan fingerprint density at radius 2 is 1.83 bits per heavy atom. The molecule has 1 aliphatic heterocycles. The van der Waals surface area contributed by atoms with Crippen LogP contribution in [0.5, 0.6) is 0 Å². The zero-order valence-electron chi connectivity index (χ0n) is 18.8. The van der Waals surface area contributed by atoms with E-state index in [1.165, 1.54) is 0 Å². The van der Waals surface area contributed by atoms with Gasteiger partial charge in [0.2, 0.25) is 5.82 Å². The van der Waals surface area contributed by atoms with Gasteiger partial charge in [0.15, 0.2) is 5.52 Å². The normalized spacial score (nSPS) is 18.8. The second-order valence-electron chi connectivity index (χ2n) is 8.46. The van der Waals surface area contributed by atoms with Crippen molar-refractivity contribution in [1.82, 2.24) is 29.3 Å². The Hall–Kier alpha value is -3.31. The molecule has 0 spiro atoms. The van der Waals surface area contributed by atoms with Crippen LogP contribution in [0.15, 0.2) is 41.5 Å². The molecule has 182 valence electrons. The zero-order valence-corrected chi connectivity index (χ0v) is 19.5. The Bertz CT molecular complexity index is 1470. The molecule has 3 aromatic heterocycles. The van der Waals surface area contributed by atoms with E-state index in [1.54, 1.807) is 35.1 Å². The van der Waals surface area contributed by atoms with Crippen LogP contribution in [-0.2, 0) is 25.0 Å². The highest BCUT2D eigenvalue weighted by Crippen LogP contribution is 2.38. The summed E-state index contributed by atoms with van der Waals surface area (Å²) < 4.78 is 48.9. The summed E-state index contributed by atoms with van der Waals surface area (Å²) in [5.74, 6) is -1.14. The van der Waals surface area contributed by atoms with Crippen molar-refractivity contribution in [2.24, 2.45) is 14.1 Å². The molecule has 4 heterocycles. The average molecular weight is 505 g/mol. The highest BCUT2D eigenvalue weighted by atomic mass is 35.5. The maximum Gasteiger partial charge on any atom is 0.449 e. The van der Waals surface area contributed by atoms with Gasteiger partial charge in [-0.15, -0.1) is 0 Å². The van der Waals surface area contributed by atoms with E-state index in [0.717, 1.165) is 12.6 Å². The fourth-order valence-electron chi connectivity index (χ4n) is 4.28. The monoisotopic (exact) mass is 504 g/mol. The van der Waals surface area contributed by atoms with Gasteiger partial charge < -0.3 is 4.74 Å². The summed E-state index contributed by atoms with van der Waals surface area (Å²) in [7, 11) is 2.85. The maximum absolute atomic E-state index is 13.6. The highest BCUT2D eigenvalue weighted by molar-refractivity contribution is 6.30. The molecule has 0 bridgehead atoms. The third-order valence-electron chi connectivity index (χ3n) is 6.06. The van der Waals surface area contributed by atoms with Gasteiger partial charge in [0.05, 0.1) is 12.3 Å². The smallest absolute Gasteiger partial charge is 0.373 e. The predicted molar refractivity (Wildman–Crippen MR) is 122 cm³/mol. The van der Waals surface area contributed by atoms with E-state index in [0.29, 0.717) is 40.4 Å². The van der Waals surface area contributed by atoms with E-state index < -0.39 is 17.6 Å². The third-order valence-corrected chi connectivity index (χ3v) is 6.31. The van der Waals surface area contributed by atoms with Gasteiger partial charge in [-0.3, -0.25) is 14.0 Å². The first-order valence-corrected chi connectivity index (χ1v) is 11.2. The molecule has 1 aliphatic rings. The molecule has 0 amide bonds. The quantitative estimate of drug-likeness (QED) is 0.410. The molecule has 1 saturated heterocycles. The van der Waals surface area contributed by atoms with Crippen LogP contribution in [0.25, 0.3) is 22.3 Å². The summed E-state index contributed by atoms with van der Waals surface area (Å²) >= 11 is 6.01. The zero-order chi connectivity index (χ0) is 24.9. The fourth-order valence-corrected chi connectivity index (χ4v) is 4.40. The molecule has 1 fully saturated rings. The summed E-state index contributed by atoms with van der Waals surface area (Å²) in [6.07, 6.45) is -0.343. The SMILES string of the molecule is Cn1cc([C@H]2C[C@H](c3nc(-c4ccc(Cl)cc4)c4nc(C(F)(F)F)n(C)c(=O)c4n3)CCO2)cn1. The first kappa shape index (κ1) is 23.4. The molecule has 0 saturated carbocycles. The molecule has 1 aromatic carbocycles. The van der Waals surface area contributed by atoms with E-state index in [9.17, 15) is 18.0 Å². The summed E-state index contributed by atoms with van der Waals surface area (Å²) in [6, 6.07) is 6.46. The predicted octanol–water partition coefficient (Wildman–Crippen LogP) is 4.43. The minimum absolute atomic E-state index is 0.147. The lowest BCUT2D eigenvalue weighted by molar-refractivity contribution is -0.147. The fraction of sp³-hybridized carbons (Fsp3) is 0.348. The van der Waals surface area contributed by atoms with E-state index in [-0.39, 0.29) is 28.7 Å². The molecule has 12 heteroatoms. The van der Waals surface area contributed by atoms with Crippen molar-refractivity contribution < 1.29 is 17.9 Å². The molecule has 0 radical (unpaired) electrons. The van der Waals surface area contributed by atoms with E-state index in [2.05, 4.69) is 20.1 Å². The number of hydrogen-bond acceptors (Lipinski definition) is 6. The van der Waals surface area contributed by atoms with Gasteiger partial charge in [0, 0.05) is 49.0 Å². The molecular weight excluding hydrogens is 485 g/mol. The number of nitrogens with zero attached hydrogens (tertiary/aromatic N) is 6. The van der Waals surface area contributed by atoms with Gasteiger partial charge in [0.25, 0.3) is 5.56 Å². The molecule has 0 unspecified atom stereocenters. The molecule has 5 rings (SSSR count). The number of ether oxygens (including phenoxy) is 1. The van der Waals surface area contributed by atoms with Crippen LogP contribution in [-0.4, -0.2) is 35.9 Å². The second kappa shape index (κ2) is 8.72. The number of rotatable bonds is 3. The van der Waals surface area contributed by atoms with Crippen LogP contribution in [0.2, 0.25) is 5.02 Å². The molecule has 2 atom stereocenters. The largest absolute Gasteiger partial charge is 0.449 e. The van der Waals surface area contributed by atoms with Crippen LogP contribution in [0.1, 0.15) is 42.1 Å². The minimum atomic E-state index is -4.82. The summed E-state index contributed by atoms with van der Waals surface area (Å²) in [5, 5.41) is 4.65. The van der Waals surface area contributed by atoms with Crippen molar-refractivity contribution in [3.63, 3.8) is 0 Å². The van der Waals surface area contributed by atoms with Gasteiger partial charge in [-0.05, 0) is 25.0 Å². The lowest BCUT2D eigenvalue weighted by atomic mass is 9.92. The standard InChI is InChI=1S/C23H20ClF3N6O2/c1-32-11-14(10-28-32)16-9-13(7-8-35-16)20-29-17(12-3-5-15(24)6-4-12)18-19(30-20)21(34)33(2)22(31-18)23(25,26)27/h3-6,10-11,13,16H,7-9H2,1-2H3/t13-,16-/m1/s1. The van der Waals surface area contributed by atoms with E-state index in [4.69, 9.17) is 16.3 Å². The Kier molecular flexibility index (Phi) is 5.84. The number of aryl methyl sites for hydroxylation is 1. The molecule has 8 nitrogen and oxygen atoms in total. The van der Waals surface area contributed by atoms with Crippen molar-refractivity contribution in [2.75, 3.05) is 6.61 Å². The number of benzene rings is 1. The first-order chi connectivity index (χ1) is 16.6. The molecule has 0 aliphatic carbocycles. The van der Waals surface area contributed by atoms with Gasteiger partial charge >= 0.3 is 6.18 Å². The topological polar surface area (TPSA) is 87.7 Å². The van der Waals surface area contributed by atoms with Crippen LogP contribution >= 0.6 is 11.6 Å². The van der Waals surface area contributed by atoms with Crippen molar-refractivity contribution in [3.05, 3.63) is 69.2 Å². The van der Waals surface area contributed by atoms with Crippen molar-refractivity contribution >= 4 is 22.6 Å². The minimum Gasteiger partial charge on any atom is -0.373 e. The van der Waals surface area contributed by atoms with Gasteiger partial charge in [-0.25, -0.2) is 15.0 Å². The molecule has 35 heavy (non-hydrogen) atoms. The second-order valence-corrected chi connectivity index (χ2v) is 8.90. The summed E-state index contributed by atoms with van der Waals surface area (Å²) in [4.78, 5) is 25.9. The van der Waals surface area contributed by atoms with Crippen LogP contribution in [0.4, 0.5) is 13.2 Å². The van der Waals surface area contributed by atoms with Gasteiger partial charge in [-0.1, -0.05) is 23.7 Å². The number of halogens is 4. The van der Waals surface area contributed by atoms with E-state index >= 15 is 0 Å². The Morgan fingerprint density at radius 1 is 1.09 bits per heavy atom. The van der Waals surface area contributed by atoms with Crippen molar-refractivity contribution in [2.45, 2.75) is 31.0 Å². The Morgan fingerprint density at radius 3 is 2.49 bits per heavy atom. The van der Waals surface area contributed by atoms with Crippen LogP contribution in [0.3, 0.4) is 0 Å². The maximum atomic E-state index is 13.6. The first-order valence-electron chi connectivity index (χ1n) is 10.8. The Labute approximate surface area is 202 Å². The van der Waals surface area contributed by atoms with Crippen molar-refractivity contribution in [1.29, 1.82) is 0 Å². The van der Waals surface area contributed by atoms with E-state index in [1.807, 2.05) is 13.2 Å².